The van der Waals surface area contributed by atoms with Crippen LogP contribution in [-0.2, 0) is 0 Å². The van der Waals surface area contributed by atoms with Gasteiger partial charge < -0.3 is 14.7 Å². The smallest absolute Gasteiger partial charge is 0.271 e. The standard InChI is InChI=1S/C16H19N3O3/c20-15(14-6-9-17-18-14)19-10-7-16(21,8-11-19)12-22-13-4-2-1-3-5-13/h1-6,9,21H,7-8,10-12H2,(H,17,18). The summed E-state index contributed by atoms with van der Waals surface area (Å²) in [5.74, 6) is 0.662. The molecule has 1 aromatic heterocycles. The highest BCUT2D eigenvalue weighted by Crippen LogP contribution is 2.24. The van der Waals surface area contributed by atoms with Crippen LogP contribution < -0.4 is 4.74 Å². The molecule has 1 aliphatic rings. The van der Waals surface area contributed by atoms with Crippen LogP contribution in [0.3, 0.4) is 0 Å². The topological polar surface area (TPSA) is 78.5 Å². The largest absolute Gasteiger partial charge is 0.491 e. The number of rotatable bonds is 4. The van der Waals surface area contributed by atoms with Gasteiger partial charge in [0.25, 0.3) is 5.91 Å². The predicted octanol–water partition coefficient (Wildman–Crippen LogP) is 1.46. The molecule has 1 amide bonds. The van der Waals surface area contributed by atoms with Gasteiger partial charge in [-0.15, -0.1) is 0 Å². The summed E-state index contributed by atoms with van der Waals surface area (Å²) in [6, 6.07) is 11.1. The second kappa shape index (κ2) is 6.19. The number of amides is 1. The van der Waals surface area contributed by atoms with E-state index in [2.05, 4.69) is 10.2 Å². The maximum atomic E-state index is 12.2. The molecule has 2 aromatic rings. The maximum absolute atomic E-state index is 12.2. The Balaban J connectivity index is 1.53. The molecule has 0 bridgehead atoms. The van der Waals surface area contributed by atoms with Crippen molar-refractivity contribution in [3.8, 4) is 5.75 Å². The van der Waals surface area contributed by atoms with Gasteiger partial charge in [0.2, 0.25) is 0 Å². The second-order valence-corrected chi connectivity index (χ2v) is 5.59. The van der Waals surface area contributed by atoms with E-state index in [1.54, 1.807) is 17.2 Å². The van der Waals surface area contributed by atoms with Gasteiger partial charge in [-0.1, -0.05) is 18.2 Å². The van der Waals surface area contributed by atoms with Gasteiger partial charge in [-0.25, -0.2) is 0 Å². The number of aromatic nitrogens is 2. The van der Waals surface area contributed by atoms with Crippen molar-refractivity contribution < 1.29 is 14.6 Å². The van der Waals surface area contributed by atoms with Gasteiger partial charge in [0.15, 0.2) is 0 Å². The fourth-order valence-electron chi connectivity index (χ4n) is 2.55. The molecule has 6 heteroatoms. The van der Waals surface area contributed by atoms with E-state index in [9.17, 15) is 9.90 Å². The quantitative estimate of drug-likeness (QED) is 0.896. The Morgan fingerprint density at radius 3 is 2.64 bits per heavy atom. The number of carbonyl (C=O) groups excluding carboxylic acids is 1. The minimum Gasteiger partial charge on any atom is -0.491 e. The molecule has 6 nitrogen and oxygen atoms in total. The summed E-state index contributed by atoms with van der Waals surface area (Å²) in [6.07, 6.45) is 2.56. The number of aliphatic hydroxyl groups is 1. The lowest BCUT2D eigenvalue weighted by molar-refractivity contribution is -0.0476. The molecule has 0 aliphatic carbocycles. The van der Waals surface area contributed by atoms with Crippen molar-refractivity contribution >= 4 is 5.91 Å². The number of likely N-dealkylation sites (tertiary alicyclic amines) is 1. The minimum absolute atomic E-state index is 0.0801. The van der Waals surface area contributed by atoms with E-state index in [1.165, 1.54) is 0 Å². The molecule has 1 fully saturated rings. The number of hydrogen-bond acceptors (Lipinski definition) is 4. The first-order valence-corrected chi connectivity index (χ1v) is 7.35. The molecule has 116 valence electrons. The number of benzene rings is 1. The summed E-state index contributed by atoms with van der Waals surface area (Å²) in [5.41, 5.74) is -0.411. The van der Waals surface area contributed by atoms with Crippen LogP contribution in [0, 0.1) is 0 Å². The van der Waals surface area contributed by atoms with Crippen molar-refractivity contribution in [2.24, 2.45) is 0 Å². The fraction of sp³-hybridized carbons (Fsp3) is 0.375. The summed E-state index contributed by atoms with van der Waals surface area (Å²) in [6.45, 7) is 1.25. The Hall–Kier alpha value is -2.34. The lowest BCUT2D eigenvalue weighted by Gasteiger charge is -2.37. The van der Waals surface area contributed by atoms with Crippen LogP contribution in [0.25, 0.3) is 0 Å². The number of aromatic amines is 1. The molecule has 22 heavy (non-hydrogen) atoms. The van der Waals surface area contributed by atoms with Crippen LogP contribution in [0.2, 0.25) is 0 Å². The van der Waals surface area contributed by atoms with Gasteiger partial charge in [-0.2, -0.15) is 5.10 Å². The first kappa shape index (κ1) is 14.6. The molecule has 1 saturated heterocycles. The molecular formula is C16H19N3O3. The highest BCUT2D eigenvalue weighted by Gasteiger charge is 2.35. The lowest BCUT2D eigenvalue weighted by Crippen LogP contribution is -2.49. The molecular weight excluding hydrogens is 282 g/mol. The Labute approximate surface area is 128 Å². The molecule has 0 spiro atoms. The number of nitrogens with zero attached hydrogens (tertiary/aromatic N) is 2. The van der Waals surface area contributed by atoms with Crippen LogP contribution >= 0.6 is 0 Å². The van der Waals surface area contributed by atoms with Gasteiger partial charge in [0.05, 0.1) is 0 Å². The number of para-hydroxylation sites is 1. The normalized spacial score (nSPS) is 17.2. The van der Waals surface area contributed by atoms with E-state index in [0.717, 1.165) is 5.75 Å². The van der Waals surface area contributed by atoms with Gasteiger partial charge in [-0.3, -0.25) is 9.89 Å². The second-order valence-electron chi connectivity index (χ2n) is 5.59. The lowest BCUT2D eigenvalue weighted by atomic mass is 9.92. The third-order valence-electron chi connectivity index (χ3n) is 3.96. The zero-order valence-corrected chi connectivity index (χ0v) is 12.2. The van der Waals surface area contributed by atoms with Gasteiger partial charge in [0.1, 0.15) is 23.7 Å². The van der Waals surface area contributed by atoms with Crippen LogP contribution in [0.4, 0.5) is 0 Å². The monoisotopic (exact) mass is 301 g/mol. The Morgan fingerprint density at radius 1 is 1.27 bits per heavy atom. The Morgan fingerprint density at radius 2 is 2.00 bits per heavy atom. The molecule has 0 unspecified atom stereocenters. The van der Waals surface area contributed by atoms with Crippen LogP contribution in [0.1, 0.15) is 23.3 Å². The molecule has 2 heterocycles. The van der Waals surface area contributed by atoms with E-state index in [-0.39, 0.29) is 12.5 Å². The third kappa shape index (κ3) is 3.28. The molecule has 0 saturated carbocycles. The number of H-pyrrole nitrogens is 1. The highest BCUT2D eigenvalue weighted by molar-refractivity contribution is 5.92. The van der Waals surface area contributed by atoms with Crippen molar-refractivity contribution in [1.29, 1.82) is 0 Å². The first-order chi connectivity index (χ1) is 10.7. The summed E-state index contributed by atoms with van der Waals surface area (Å²) >= 11 is 0. The van der Waals surface area contributed by atoms with E-state index in [1.807, 2.05) is 30.3 Å². The zero-order chi connectivity index (χ0) is 15.4. The van der Waals surface area contributed by atoms with E-state index < -0.39 is 5.60 Å². The zero-order valence-electron chi connectivity index (χ0n) is 12.2. The van der Waals surface area contributed by atoms with Crippen LogP contribution in [0.15, 0.2) is 42.6 Å². The van der Waals surface area contributed by atoms with Crippen molar-refractivity contribution in [1.82, 2.24) is 15.1 Å². The molecule has 0 atom stereocenters. The summed E-state index contributed by atoms with van der Waals surface area (Å²) in [4.78, 5) is 13.9. The first-order valence-electron chi connectivity index (χ1n) is 7.35. The number of hydrogen-bond donors (Lipinski definition) is 2. The number of carbonyl (C=O) groups is 1. The van der Waals surface area contributed by atoms with Crippen molar-refractivity contribution in [2.45, 2.75) is 18.4 Å². The number of piperidine rings is 1. The molecule has 3 rings (SSSR count). The molecule has 0 radical (unpaired) electrons. The van der Waals surface area contributed by atoms with E-state index >= 15 is 0 Å². The van der Waals surface area contributed by atoms with Crippen molar-refractivity contribution in [2.75, 3.05) is 19.7 Å². The summed E-state index contributed by atoms with van der Waals surface area (Å²) in [7, 11) is 0. The predicted molar refractivity (Wildman–Crippen MR) is 80.6 cm³/mol. The van der Waals surface area contributed by atoms with Crippen molar-refractivity contribution in [3.63, 3.8) is 0 Å². The Kier molecular flexibility index (Phi) is 4.11. The number of ether oxygens (including phenoxy) is 1. The SMILES string of the molecule is O=C(c1ccn[nH]1)N1CCC(O)(COc2ccccc2)CC1. The van der Waals surface area contributed by atoms with E-state index in [4.69, 9.17) is 4.74 Å². The average Bonchev–Trinajstić information content (AvgIpc) is 3.09. The molecule has 1 aliphatic heterocycles. The van der Waals surface area contributed by atoms with E-state index in [0.29, 0.717) is 31.6 Å². The maximum Gasteiger partial charge on any atom is 0.271 e. The Bertz CT molecular complexity index is 605. The summed E-state index contributed by atoms with van der Waals surface area (Å²) in [5, 5.41) is 17.0. The van der Waals surface area contributed by atoms with Gasteiger partial charge in [0, 0.05) is 19.3 Å². The minimum atomic E-state index is -0.888. The van der Waals surface area contributed by atoms with Crippen molar-refractivity contribution in [3.05, 3.63) is 48.3 Å². The summed E-state index contributed by atoms with van der Waals surface area (Å²) < 4.78 is 5.65. The average molecular weight is 301 g/mol. The van der Waals surface area contributed by atoms with Gasteiger partial charge in [-0.05, 0) is 31.0 Å². The van der Waals surface area contributed by atoms with Gasteiger partial charge >= 0.3 is 0 Å². The highest BCUT2D eigenvalue weighted by atomic mass is 16.5. The van der Waals surface area contributed by atoms with Crippen LogP contribution in [-0.4, -0.2) is 51.4 Å². The third-order valence-corrected chi connectivity index (χ3v) is 3.96. The molecule has 2 N–H and O–H groups in total. The molecule has 1 aromatic carbocycles. The van der Waals surface area contributed by atoms with Crippen LogP contribution in [0.5, 0.6) is 5.75 Å². The number of nitrogens with one attached hydrogen (secondary N) is 1. The fourth-order valence-corrected chi connectivity index (χ4v) is 2.55.